The molecule has 1 heterocycles. The molecule has 6 heteroatoms. The molecule has 0 saturated heterocycles. The van der Waals surface area contributed by atoms with Crippen molar-refractivity contribution >= 4 is 17.2 Å². The largest absolute Gasteiger partial charge is 0.391 e. The lowest BCUT2D eigenvalue weighted by atomic mass is 10.1. The van der Waals surface area contributed by atoms with E-state index in [1.165, 1.54) is 11.3 Å². The molecule has 2 N–H and O–H groups in total. The average Bonchev–Trinajstić information content (AvgIpc) is 2.95. The van der Waals surface area contributed by atoms with Gasteiger partial charge in [0.2, 0.25) is 0 Å². The second-order valence-electron chi connectivity index (χ2n) is 5.40. The number of hydrogen-bond donors (Lipinski definition) is 2. The molecule has 1 amide bonds. The van der Waals surface area contributed by atoms with Crippen molar-refractivity contribution < 1.29 is 14.6 Å². The normalized spacial score (nSPS) is 13.6. The Labute approximate surface area is 140 Å². The van der Waals surface area contributed by atoms with Gasteiger partial charge in [0.25, 0.3) is 5.91 Å². The van der Waals surface area contributed by atoms with Gasteiger partial charge in [-0.25, -0.2) is 4.98 Å². The van der Waals surface area contributed by atoms with Crippen molar-refractivity contribution in [3.63, 3.8) is 0 Å². The van der Waals surface area contributed by atoms with E-state index >= 15 is 0 Å². The first-order chi connectivity index (χ1) is 11.0. The summed E-state index contributed by atoms with van der Waals surface area (Å²) in [6.45, 7) is 3.90. The minimum absolute atomic E-state index is 0.135. The van der Waals surface area contributed by atoms with Gasteiger partial charge >= 0.3 is 0 Å². The maximum absolute atomic E-state index is 12.3. The number of rotatable bonds is 7. The van der Waals surface area contributed by atoms with E-state index in [1.807, 2.05) is 37.3 Å². The van der Waals surface area contributed by atoms with Crippen LogP contribution in [-0.2, 0) is 11.2 Å². The number of ether oxygens (including phenoxy) is 1. The van der Waals surface area contributed by atoms with Crippen LogP contribution in [0.25, 0.3) is 0 Å². The van der Waals surface area contributed by atoms with E-state index in [2.05, 4.69) is 10.3 Å². The zero-order valence-electron chi connectivity index (χ0n) is 13.6. The lowest BCUT2D eigenvalue weighted by Crippen LogP contribution is -2.33. The molecule has 5 nitrogen and oxygen atoms in total. The van der Waals surface area contributed by atoms with Gasteiger partial charge in [0.1, 0.15) is 16.0 Å². The van der Waals surface area contributed by atoms with Crippen LogP contribution in [-0.4, -0.2) is 35.8 Å². The van der Waals surface area contributed by atoms with Crippen molar-refractivity contribution in [2.24, 2.45) is 0 Å². The molecule has 0 bridgehead atoms. The topological polar surface area (TPSA) is 71.5 Å². The van der Waals surface area contributed by atoms with Crippen LogP contribution in [0.4, 0.5) is 0 Å². The fraction of sp³-hybridized carbons (Fsp3) is 0.412. The molecule has 0 spiro atoms. The van der Waals surface area contributed by atoms with Crippen molar-refractivity contribution in [2.45, 2.75) is 32.5 Å². The highest BCUT2D eigenvalue weighted by molar-refractivity contribution is 7.13. The van der Waals surface area contributed by atoms with Gasteiger partial charge in [-0.15, -0.1) is 11.3 Å². The molecule has 2 unspecified atom stereocenters. The lowest BCUT2D eigenvalue weighted by Gasteiger charge is -2.11. The molecule has 2 rings (SSSR count). The van der Waals surface area contributed by atoms with Crippen LogP contribution < -0.4 is 5.32 Å². The van der Waals surface area contributed by atoms with Crippen LogP contribution in [0, 0.1) is 6.92 Å². The van der Waals surface area contributed by atoms with Gasteiger partial charge in [-0.2, -0.15) is 0 Å². The quantitative estimate of drug-likeness (QED) is 0.816. The second-order valence-corrected chi connectivity index (χ2v) is 6.43. The Kier molecular flexibility index (Phi) is 6.27. The lowest BCUT2D eigenvalue weighted by molar-refractivity contribution is 0.0919. The number of thiazole rings is 1. The summed E-state index contributed by atoms with van der Waals surface area (Å²) in [6, 6.07) is 9.70. The van der Waals surface area contributed by atoms with E-state index in [0.29, 0.717) is 17.0 Å². The Balaban J connectivity index is 1.90. The maximum Gasteiger partial charge on any atom is 0.263 e. The minimum atomic E-state index is -0.619. The zero-order valence-corrected chi connectivity index (χ0v) is 14.4. The number of aromatic nitrogens is 1. The van der Waals surface area contributed by atoms with Crippen LogP contribution in [0.3, 0.4) is 0 Å². The summed E-state index contributed by atoms with van der Waals surface area (Å²) in [4.78, 5) is 17.2. The number of nitrogens with zero attached hydrogens (tertiary/aromatic N) is 1. The first-order valence-corrected chi connectivity index (χ1v) is 8.33. The fourth-order valence-electron chi connectivity index (χ4n) is 2.15. The second kappa shape index (κ2) is 8.19. The molecule has 2 atom stereocenters. The summed E-state index contributed by atoms with van der Waals surface area (Å²) < 4.78 is 5.23. The molecule has 0 aliphatic carbocycles. The number of amides is 1. The number of methoxy groups -OCH3 is 1. The van der Waals surface area contributed by atoms with Gasteiger partial charge < -0.3 is 15.2 Å². The summed E-state index contributed by atoms with van der Waals surface area (Å²) in [7, 11) is 1.61. The molecule has 0 fully saturated rings. The molecular weight excluding hydrogens is 312 g/mol. The Bertz CT molecular complexity index is 643. The number of aliphatic hydroxyl groups is 1. The minimum Gasteiger partial charge on any atom is -0.391 e. The molecule has 0 radical (unpaired) electrons. The van der Waals surface area contributed by atoms with Crippen molar-refractivity contribution in [3.8, 4) is 0 Å². The summed E-state index contributed by atoms with van der Waals surface area (Å²) >= 11 is 1.33. The number of benzene rings is 1. The number of aryl methyl sites for hydroxylation is 1. The van der Waals surface area contributed by atoms with Gasteiger partial charge in [-0.3, -0.25) is 4.79 Å². The van der Waals surface area contributed by atoms with Crippen molar-refractivity contribution in [1.82, 2.24) is 10.3 Å². The Morgan fingerprint density at radius 1 is 1.39 bits per heavy atom. The standard InChI is InChI=1S/C17H22N2O3S/c1-11-15(23-17(19-11)12(2)22-3)16(21)18-10-14(20)9-13-7-5-4-6-8-13/h4-8,12,14,20H,9-10H2,1-3H3,(H,18,21). The van der Waals surface area contributed by atoms with Crippen molar-refractivity contribution in [3.05, 3.63) is 51.5 Å². The highest BCUT2D eigenvalue weighted by atomic mass is 32.1. The summed E-state index contributed by atoms with van der Waals surface area (Å²) in [6.07, 6.45) is -0.245. The SMILES string of the molecule is COC(C)c1nc(C)c(C(=O)NCC(O)Cc2ccccc2)s1. The third-order valence-electron chi connectivity index (χ3n) is 3.53. The number of aliphatic hydroxyl groups excluding tert-OH is 1. The molecule has 0 aliphatic heterocycles. The van der Waals surface area contributed by atoms with Crippen LogP contribution >= 0.6 is 11.3 Å². The van der Waals surface area contributed by atoms with Crippen LogP contribution in [0.1, 0.15) is 39.0 Å². The number of carbonyl (C=O) groups excluding carboxylic acids is 1. The first kappa shape index (κ1) is 17.6. The zero-order chi connectivity index (χ0) is 16.8. The van der Waals surface area contributed by atoms with Gasteiger partial charge in [0.05, 0.1) is 11.8 Å². The van der Waals surface area contributed by atoms with Crippen molar-refractivity contribution in [1.29, 1.82) is 0 Å². The van der Waals surface area contributed by atoms with E-state index in [1.54, 1.807) is 14.0 Å². The summed E-state index contributed by atoms with van der Waals surface area (Å²) in [5, 5.41) is 13.6. The van der Waals surface area contributed by atoms with Crippen LogP contribution in [0.2, 0.25) is 0 Å². The third-order valence-corrected chi connectivity index (χ3v) is 4.85. The molecular formula is C17H22N2O3S. The number of nitrogens with one attached hydrogen (secondary N) is 1. The van der Waals surface area contributed by atoms with E-state index in [0.717, 1.165) is 10.6 Å². The van der Waals surface area contributed by atoms with Gasteiger partial charge in [-0.05, 0) is 19.4 Å². The summed E-state index contributed by atoms with van der Waals surface area (Å²) in [5.41, 5.74) is 1.73. The average molecular weight is 334 g/mol. The fourth-order valence-corrected chi connectivity index (χ4v) is 3.16. The molecule has 23 heavy (non-hydrogen) atoms. The Morgan fingerprint density at radius 3 is 2.74 bits per heavy atom. The van der Waals surface area contributed by atoms with Gasteiger partial charge in [0.15, 0.2) is 0 Å². The Hall–Kier alpha value is -1.76. The third kappa shape index (κ3) is 4.86. The molecule has 0 saturated carbocycles. The molecule has 1 aromatic heterocycles. The van der Waals surface area contributed by atoms with E-state index < -0.39 is 6.10 Å². The molecule has 0 aliphatic rings. The predicted octanol–water partition coefficient (Wildman–Crippen LogP) is 2.49. The Morgan fingerprint density at radius 2 is 2.09 bits per heavy atom. The van der Waals surface area contributed by atoms with E-state index in [9.17, 15) is 9.90 Å². The number of carbonyl (C=O) groups is 1. The molecule has 124 valence electrons. The summed E-state index contributed by atoms with van der Waals surface area (Å²) in [5.74, 6) is -0.207. The van der Waals surface area contributed by atoms with Gasteiger partial charge in [0, 0.05) is 20.1 Å². The highest BCUT2D eigenvalue weighted by Crippen LogP contribution is 2.25. The van der Waals surface area contributed by atoms with Gasteiger partial charge in [-0.1, -0.05) is 30.3 Å². The van der Waals surface area contributed by atoms with Crippen molar-refractivity contribution in [2.75, 3.05) is 13.7 Å². The molecule has 1 aromatic carbocycles. The van der Waals surface area contributed by atoms with E-state index in [-0.39, 0.29) is 18.6 Å². The first-order valence-electron chi connectivity index (χ1n) is 7.51. The highest BCUT2D eigenvalue weighted by Gasteiger charge is 2.19. The van der Waals surface area contributed by atoms with Crippen LogP contribution in [0.15, 0.2) is 30.3 Å². The smallest absolute Gasteiger partial charge is 0.263 e. The molecule has 2 aromatic rings. The number of hydrogen-bond acceptors (Lipinski definition) is 5. The van der Waals surface area contributed by atoms with Crippen LogP contribution in [0.5, 0.6) is 0 Å². The van der Waals surface area contributed by atoms with E-state index in [4.69, 9.17) is 4.74 Å². The maximum atomic E-state index is 12.3. The predicted molar refractivity (Wildman–Crippen MR) is 90.8 cm³/mol. The monoisotopic (exact) mass is 334 g/mol.